The summed E-state index contributed by atoms with van der Waals surface area (Å²) in [5.74, 6) is 0.719. The highest BCUT2D eigenvalue weighted by Crippen LogP contribution is 2.28. The molecule has 0 saturated carbocycles. The van der Waals surface area contributed by atoms with E-state index in [1.807, 2.05) is 13.8 Å². The molecule has 2 aromatic rings. The summed E-state index contributed by atoms with van der Waals surface area (Å²) < 4.78 is 10.9. The van der Waals surface area contributed by atoms with Gasteiger partial charge in [-0.3, -0.25) is 14.9 Å². The first-order chi connectivity index (χ1) is 12.9. The Morgan fingerprint density at radius 1 is 1.26 bits per heavy atom. The largest absolute Gasteiger partial charge is 0.493 e. The van der Waals surface area contributed by atoms with Gasteiger partial charge in [-0.15, -0.1) is 0 Å². The zero-order chi connectivity index (χ0) is 19.8. The lowest BCUT2D eigenvalue weighted by Gasteiger charge is -2.13. The van der Waals surface area contributed by atoms with Gasteiger partial charge in [-0.25, -0.2) is 5.43 Å². The molecule has 1 N–H and O–H groups in total. The minimum atomic E-state index is -0.515. The standard InChI is InChI=1S/C19H21N3O5/c1-13(2)27-17-9-8-14(10-18(17)26-3)12-20-21-19(23)11-15-6-4-5-7-16(15)22(24)25/h4-10,12-13H,11H2,1-3H3,(H,21,23). The smallest absolute Gasteiger partial charge is 0.273 e. The highest BCUT2D eigenvalue weighted by atomic mass is 16.6. The van der Waals surface area contributed by atoms with Crippen LogP contribution in [0.5, 0.6) is 11.5 Å². The summed E-state index contributed by atoms with van der Waals surface area (Å²) in [5, 5.41) is 14.9. The van der Waals surface area contributed by atoms with Crippen LogP contribution in [0.1, 0.15) is 25.0 Å². The average Bonchev–Trinajstić information content (AvgIpc) is 2.62. The second-order valence-corrected chi connectivity index (χ2v) is 5.93. The molecule has 0 fully saturated rings. The van der Waals surface area contributed by atoms with E-state index in [2.05, 4.69) is 10.5 Å². The van der Waals surface area contributed by atoms with Gasteiger partial charge in [-0.2, -0.15) is 5.10 Å². The van der Waals surface area contributed by atoms with Crippen molar-refractivity contribution >= 4 is 17.8 Å². The molecule has 0 aliphatic carbocycles. The van der Waals surface area contributed by atoms with Gasteiger partial charge in [0.1, 0.15) is 0 Å². The molecule has 2 rings (SSSR count). The fourth-order valence-corrected chi connectivity index (χ4v) is 2.35. The third kappa shape index (κ3) is 5.81. The quantitative estimate of drug-likeness (QED) is 0.436. The number of nitrogens with one attached hydrogen (secondary N) is 1. The Morgan fingerprint density at radius 3 is 2.67 bits per heavy atom. The number of ether oxygens (including phenoxy) is 2. The van der Waals surface area contributed by atoms with Crippen LogP contribution in [0.15, 0.2) is 47.6 Å². The molecular formula is C19H21N3O5. The molecule has 0 spiro atoms. The Kier molecular flexibility index (Phi) is 6.87. The molecule has 0 aliphatic rings. The first kappa shape index (κ1) is 19.9. The SMILES string of the molecule is COc1cc(C=NNC(=O)Cc2ccccc2[N+](=O)[O-])ccc1OC(C)C. The van der Waals surface area contributed by atoms with Crippen LogP contribution in [-0.4, -0.2) is 30.3 Å². The van der Waals surface area contributed by atoms with Crippen molar-refractivity contribution in [1.29, 1.82) is 0 Å². The molecule has 2 aromatic carbocycles. The first-order valence-electron chi connectivity index (χ1n) is 8.29. The number of hydrogen-bond acceptors (Lipinski definition) is 6. The van der Waals surface area contributed by atoms with E-state index in [1.165, 1.54) is 19.4 Å². The van der Waals surface area contributed by atoms with Gasteiger partial charge in [0, 0.05) is 11.6 Å². The van der Waals surface area contributed by atoms with Crippen molar-refractivity contribution < 1.29 is 19.2 Å². The number of amides is 1. The zero-order valence-corrected chi connectivity index (χ0v) is 15.3. The maximum absolute atomic E-state index is 12.0. The summed E-state index contributed by atoms with van der Waals surface area (Å²) in [4.78, 5) is 22.4. The number of hydrazone groups is 1. The highest BCUT2D eigenvalue weighted by molar-refractivity contribution is 5.84. The van der Waals surface area contributed by atoms with E-state index in [4.69, 9.17) is 9.47 Å². The molecule has 0 aromatic heterocycles. The number of nitro benzene ring substituents is 1. The number of carbonyl (C=O) groups excluding carboxylic acids is 1. The van der Waals surface area contributed by atoms with Crippen molar-refractivity contribution in [3.63, 3.8) is 0 Å². The summed E-state index contributed by atoms with van der Waals surface area (Å²) in [6.07, 6.45) is 1.33. The molecule has 0 heterocycles. The maximum Gasteiger partial charge on any atom is 0.273 e. The highest BCUT2D eigenvalue weighted by Gasteiger charge is 2.15. The topological polar surface area (TPSA) is 103 Å². The van der Waals surface area contributed by atoms with Crippen LogP contribution in [0.3, 0.4) is 0 Å². The molecule has 8 heteroatoms. The molecular weight excluding hydrogens is 350 g/mol. The Hall–Kier alpha value is -3.42. The Labute approximate surface area is 157 Å². The van der Waals surface area contributed by atoms with E-state index in [0.717, 1.165) is 0 Å². The molecule has 1 amide bonds. The Bertz CT molecular complexity index is 849. The van der Waals surface area contributed by atoms with Crippen molar-refractivity contribution in [1.82, 2.24) is 5.43 Å². The number of nitrogens with zero attached hydrogens (tertiary/aromatic N) is 2. The van der Waals surface area contributed by atoms with Crippen LogP contribution in [0.25, 0.3) is 0 Å². The van der Waals surface area contributed by atoms with E-state index < -0.39 is 10.8 Å². The van der Waals surface area contributed by atoms with Gasteiger partial charge in [0.2, 0.25) is 5.91 Å². The molecule has 0 radical (unpaired) electrons. The predicted octanol–water partition coefficient (Wildman–Crippen LogP) is 3.08. The van der Waals surface area contributed by atoms with Crippen LogP contribution in [0.2, 0.25) is 0 Å². The molecule has 0 aliphatic heterocycles. The van der Waals surface area contributed by atoms with Gasteiger partial charge < -0.3 is 9.47 Å². The Balaban J connectivity index is 2.01. The molecule has 0 saturated heterocycles. The van der Waals surface area contributed by atoms with E-state index in [9.17, 15) is 14.9 Å². The van der Waals surface area contributed by atoms with Gasteiger partial charge in [0.15, 0.2) is 11.5 Å². The normalized spacial score (nSPS) is 10.8. The molecule has 142 valence electrons. The summed E-state index contributed by atoms with van der Waals surface area (Å²) >= 11 is 0. The predicted molar refractivity (Wildman–Crippen MR) is 101 cm³/mol. The monoisotopic (exact) mass is 371 g/mol. The fraction of sp³-hybridized carbons (Fsp3) is 0.263. The number of hydrogen-bond donors (Lipinski definition) is 1. The molecule has 0 bridgehead atoms. The third-order valence-electron chi connectivity index (χ3n) is 3.49. The molecule has 8 nitrogen and oxygen atoms in total. The fourth-order valence-electron chi connectivity index (χ4n) is 2.35. The van der Waals surface area contributed by atoms with Gasteiger partial charge in [-0.05, 0) is 37.6 Å². The van der Waals surface area contributed by atoms with Crippen LogP contribution in [0.4, 0.5) is 5.69 Å². The van der Waals surface area contributed by atoms with Crippen LogP contribution in [-0.2, 0) is 11.2 Å². The van der Waals surface area contributed by atoms with Crippen molar-refractivity contribution in [2.75, 3.05) is 7.11 Å². The number of para-hydroxylation sites is 1. The summed E-state index contributed by atoms with van der Waals surface area (Å²) in [6, 6.07) is 11.4. The maximum atomic E-state index is 12.0. The molecule has 0 atom stereocenters. The van der Waals surface area contributed by atoms with Crippen molar-refractivity contribution in [3.8, 4) is 11.5 Å². The minimum absolute atomic E-state index is 0.0137. The molecule has 27 heavy (non-hydrogen) atoms. The van der Waals surface area contributed by atoms with E-state index in [-0.39, 0.29) is 18.2 Å². The lowest BCUT2D eigenvalue weighted by molar-refractivity contribution is -0.385. The molecule has 0 unspecified atom stereocenters. The number of nitro groups is 1. The number of carbonyl (C=O) groups is 1. The number of rotatable bonds is 8. The van der Waals surface area contributed by atoms with Gasteiger partial charge in [0.25, 0.3) is 5.69 Å². The summed E-state index contributed by atoms with van der Waals surface area (Å²) in [5.41, 5.74) is 3.30. The van der Waals surface area contributed by atoms with Crippen molar-refractivity contribution in [2.24, 2.45) is 5.10 Å². The van der Waals surface area contributed by atoms with E-state index >= 15 is 0 Å². The van der Waals surface area contributed by atoms with Crippen molar-refractivity contribution in [3.05, 3.63) is 63.7 Å². The zero-order valence-electron chi connectivity index (χ0n) is 15.3. The number of benzene rings is 2. The van der Waals surface area contributed by atoms with Gasteiger partial charge >= 0.3 is 0 Å². The van der Waals surface area contributed by atoms with Gasteiger partial charge in [0.05, 0.1) is 30.8 Å². The Morgan fingerprint density at radius 2 is 2.00 bits per heavy atom. The van der Waals surface area contributed by atoms with Crippen molar-refractivity contribution in [2.45, 2.75) is 26.4 Å². The second-order valence-electron chi connectivity index (χ2n) is 5.93. The van der Waals surface area contributed by atoms with Crippen LogP contribution < -0.4 is 14.9 Å². The van der Waals surface area contributed by atoms with E-state index in [1.54, 1.807) is 36.4 Å². The van der Waals surface area contributed by atoms with Crippen LogP contribution in [0, 0.1) is 10.1 Å². The minimum Gasteiger partial charge on any atom is -0.493 e. The lowest BCUT2D eigenvalue weighted by atomic mass is 10.1. The average molecular weight is 371 g/mol. The second kappa shape index (κ2) is 9.33. The first-order valence-corrected chi connectivity index (χ1v) is 8.29. The number of methoxy groups -OCH3 is 1. The summed E-state index contributed by atoms with van der Waals surface area (Å²) in [7, 11) is 1.54. The van der Waals surface area contributed by atoms with E-state index in [0.29, 0.717) is 22.6 Å². The van der Waals surface area contributed by atoms with Gasteiger partial charge in [-0.1, -0.05) is 18.2 Å². The van der Waals surface area contributed by atoms with Crippen LogP contribution >= 0.6 is 0 Å². The third-order valence-corrected chi connectivity index (χ3v) is 3.49. The lowest BCUT2D eigenvalue weighted by Crippen LogP contribution is -2.20. The summed E-state index contributed by atoms with van der Waals surface area (Å²) in [6.45, 7) is 3.84.